The highest BCUT2D eigenvalue weighted by Crippen LogP contribution is 2.28. The molecule has 0 aromatic carbocycles. The average Bonchev–Trinajstić information content (AvgIpc) is 2.90. The molecule has 0 saturated carbocycles. The Hall–Kier alpha value is -1.51. The van der Waals surface area contributed by atoms with Crippen molar-refractivity contribution in [2.75, 3.05) is 18.8 Å². The predicted molar refractivity (Wildman–Crippen MR) is 99.9 cm³/mol. The Bertz CT molecular complexity index is 738. The van der Waals surface area contributed by atoms with Crippen LogP contribution in [0.15, 0.2) is 17.2 Å². The first-order valence-corrected chi connectivity index (χ1v) is 10.1. The van der Waals surface area contributed by atoms with Gasteiger partial charge in [-0.15, -0.1) is 21.5 Å². The topological polar surface area (TPSA) is 68.2 Å². The van der Waals surface area contributed by atoms with Crippen molar-refractivity contribution in [3.8, 4) is 10.6 Å². The Balaban J connectivity index is 1.58. The van der Waals surface area contributed by atoms with Gasteiger partial charge in [0.2, 0.25) is 5.91 Å². The lowest BCUT2D eigenvalue weighted by Gasteiger charge is -2.35. The van der Waals surface area contributed by atoms with E-state index in [0.29, 0.717) is 18.8 Å². The molecule has 1 amide bonds. The molecule has 1 aliphatic rings. The number of morpholine rings is 1. The van der Waals surface area contributed by atoms with Crippen LogP contribution in [0.25, 0.3) is 10.6 Å². The zero-order valence-corrected chi connectivity index (χ0v) is 16.5. The second-order valence-corrected chi connectivity index (χ2v) is 8.45. The number of thioether (sulfide) groups is 1. The molecule has 1 saturated heterocycles. The van der Waals surface area contributed by atoms with E-state index in [9.17, 15) is 4.79 Å². The molecule has 0 bridgehead atoms. The minimum atomic E-state index is 0.0860. The molecule has 0 spiro atoms. The first-order chi connectivity index (χ1) is 11.9. The molecule has 134 valence electrons. The number of aryl methyl sites for hydroxylation is 2. The number of amides is 1. The molecule has 25 heavy (non-hydrogen) atoms. The van der Waals surface area contributed by atoms with Crippen LogP contribution in [0, 0.1) is 13.8 Å². The minimum absolute atomic E-state index is 0.0860. The molecular weight excluding hydrogens is 356 g/mol. The number of carbonyl (C=O) groups is 1. The van der Waals surface area contributed by atoms with Gasteiger partial charge in [-0.25, -0.2) is 4.98 Å². The predicted octanol–water partition coefficient (Wildman–Crippen LogP) is 2.94. The number of carbonyl (C=O) groups excluding carboxylic acids is 1. The number of hydrogen-bond donors (Lipinski definition) is 0. The van der Waals surface area contributed by atoms with Gasteiger partial charge in [-0.2, -0.15) is 0 Å². The molecule has 3 heterocycles. The third-order valence-electron chi connectivity index (χ3n) is 3.89. The van der Waals surface area contributed by atoms with Crippen molar-refractivity contribution in [1.29, 1.82) is 0 Å². The van der Waals surface area contributed by atoms with Crippen molar-refractivity contribution in [2.45, 2.75) is 44.9 Å². The highest BCUT2D eigenvalue weighted by Gasteiger charge is 2.25. The number of hydrogen-bond acceptors (Lipinski definition) is 7. The van der Waals surface area contributed by atoms with Crippen LogP contribution in [-0.4, -0.2) is 57.0 Å². The summed E-state index contributed by atoms with van der Waals surface area (Å²) < 4.78 is 5.67. The Morgan fingerprint density at radius 1 is 1.28 bits per heavy atom. The normalized spacial score (nSPS) is 20.7. The van der Waals surface area contributed by atoms with Crippen LogP contribution in [0.4, 0.5) is 0 Å². The zero-order valence-electron chi connectivity index (χ0n) is 14.9. The summed E-state index contributed by atoms with van der Waals surface area (Å²) in [6, 6.07) is 3.86. The van der Waals surface area contributed by atoms with Gasteiger partial charge in [-0.05, 0) is 39.8 Å². The third kappa shape index (κ3) is 4.56. The maximum Gasteiger partial charge on any atom is 0.233 e. The fourth-order valence-corrected chi connectivity index (χ4v) is 4.50. The number of ether oxygens (including phenoxy) is 1. The Morgan fingerprint density at radius 2 is 2.00 bits per heavy atom. The summed E-state index contributed by atoms with van der Waals surface area (Å²) in [5, 5.41) is 10.3. The smallest absolute Gasteiger partial charge is 0.233 e. The van der Waals surface area contributed by atoms with Crippen molar-refractivity contribution in [1.82, 2.24) is 20.1 Å². The lowest BCUT2D eigenvalue weighted by atomic mass is 10.2. The van der Waals surface area contributed by atoms with E-state index in [2.05, 4.69) is 15.2 Å². The highest BCUT2D eigenvalue weighted by atomic mass is 32.2. The summed E-state index contributed by atoms with van der Waals surface area (Å²) in [5.41, 5.74) is 1.80. The Labute approximate surface area is 156 Å². The van der Waals surface area contributed by atoms with Crippen LogP contribution in [0.3, 0.4) is 0 Å². The molecular formula is C17H22N4O2S2. The van der Waals surface area contributed by atoms with Crippen LogP contribution >= 0.6 is 23.1 Å². The molecule has 2 unspecified atom stereocenters. The standard InChI is InChI=1S/C17H22N4O2S2/c1-10-7-21(8-11(2)23-10)16(22)9-24-15-6-5-14(19-20-15)17-12(3)18-13(4)25-17/h5-6,10-11H,7-9H2,1-4H3. The highest BCUT2D eigenvalue weighted by molar-refractivity contribution is 7.99. The molecule has 0 radical (unpaired) electrons. The van der Waals surface area contributed by atoms with Gasteiger partial charge in [0.1, 0.15) is 10.7 Å². The van der Waals surface area contributed by atoms with E-state index in [1.807, 2.05) is 44.7 Å². The van der Waals surface area contributed by atoms with Crippen molar-refractivity contribution in [3.05, 3.63) is 22.8 Å². The summed E-state index contributed by atoms with van der Waals surface area (Å²) in [6.45, 7) is 9.26. The molecule has 8 heteroatoms. The summed E-state index contributed by atoms with van der Waals surface area (Å²) >= 11 is 3.04. The summed E-state index contributed by atoms with van der Waals surface area (Å²) in [4.78, 5) is 19.7. The molecule has 0 aliphatic carbocycles. The van der Waals surface area contributed by atoms with Crippen molar-refractivity contribution in [2.24, 2.45) is 0 Å². The fraction of sp³-hybridized carbons (Fsp3) is 0.529. The molecule has 1 aliphatic heterocycles. The third-order valence-corrected chi connectivity index (χ3v) is 5.89. The van der Waals surface area contributed by atoms with E-state index < -0.39 is 0 Å². The fourth-order valence-electron chi connectivity index (χ4n) is 2.90. The molecule has 2 aromatic rings. The number of aromatic nitrogens is 3. The molecule has 1 fully saturated rings. The van der Waals surface area contributed by atoms with E-state index >= 15 is 0 Å². The molecule has 3 rings (SSSR count). The average molecular weight is 379 g/mol. The summed E-state index contributed by atoms with van der Waals surface area (Å²) in [6.07, 6.45) is 0.172. The molecule has 2 aromatic heterocycles. The van der Waals surface area contributed by atoms with E-state index in [1.165, 1.54) is 11.8 Å². The van der Waals surface area contributed by atoms with Crippen molar-refractivity contribution >= 4 is 29.0 Å². The van der Waals surface area contributed by atoms with Crippen LogP contribution in [0.2, 0.25) is 0 Å². The van der Waals surface area contributed by atoms with Crippen molar-refractivity contribution < 1.29 is 9.53 Å². The van der Waals surface area contributed by atoms with Crippen LogP contribution in [-0.2, 0) is 9.53 Å². The van der Waals surface area contributed by atoms with E-state index in [1.54, 1.807) is 11.3 Å². The minimum Gasteiger partial charge on any atom is -0.372 e. The summed E-state index contributed by atoms with van der Waals surface area (Å²) in [5.74, 6) is 0.485. The van der Waals surface area contributed by atoms with Gasteiger partial charge in [-0.3, -0.25) is 4.79 Å². The van der Waals surface area contributed by atoms with Crippen LogP contribution in [0.1, 0.15) is 24.5 Å². The van der Waals surface area contributed by atoms with Gasteiger partial charge in [-0.1, -0.05) is 11.8 Å². The SMILES string of the molecule is Cc1nc(C)c(-c2ccc(SCC(=O)N3CC(C)OC(C)C3)nn2)s1. The monoisotopic (exact) mass is 378 g/mol. The van der Waals surface area contributed by atoms with Crippen molar-refractivity contribution in [3.63, 3.8) is 0 Å². The molecule has 6 nitrogen and oxygen atoms in total. The first-order valence-electron chi connectivity index (χ1n) is 8.26. The van der Waals surface area contributed by atoms with Crippen LogP contribution in [0.5, 0.6) is 0 Å². The van der Waals surface area contributed by atoms with Gasteiger partial charge in [0.25, 0.3) is 0 Å². The Kier molecular flexibility index (Phi) is 5.71. The van der Waals surface area contributed by atoms with E-state index in [4.69, 9.17) is 4.74 Å². The number of nitrogens with zero attached hydrogens (tertiary/aromatic N) is 4. The lowest BCUT2D eigenvalue weighted by molar-refractivity contribution is -0.140. The number of rotatable bonds is 4. The van der Waals surface area contributed by atoms with Gasteiger partial charge < -0.3 is 9.64 Å². The van der Waals surface area contributed by atoms with E-state index in [-0.39, 0.29) is 18.1 Å². The largest absolute Gasteiger partial charge is 0.372 e. The van der Waals surface area contributed by atoms with Gasteiger partial charge in [0, 0.05) is 13.1 Å². The van der Waals surface area contributed by atoms with E-state index in [0.717, 1.165) is 26.3 Å². The maximum absolute atomic E-state index is 12.4. The van der Waals surface area contributed by atoms with Gasteiger partial charge in [0.15, 0.2) is 0 Å². The van der Waals surface area contributed by atoms with Gasteiger partial charge >= 0.3 is 0 Å². The maximum atomic E-state index is 12.4. The van der Waals surface area contributed by atoms with Crippen LogP contribution < -0.4 is 0 Å². The Morgan fingerprint density at radius 3 is 2.56 bits per heavy atom. The quantitative estimate of drug-likeness (QED) is 0.762. The first kappa shape index (κ1) is 18.3. The van der Waals surface area contributed by atoms with Gasteiger partial charge in [0.05, 0.1) is 33.5 Å². The lowest BCUT2D eigenvalue weighted by Crippen LogP contribution is -2.48. The second kappa shape index (κ2) is 7.80. The second-order valence-electron chi connectivity index (χ2n) is 6.25. The molecule has 2 atom stereocenters. The summed E-state index contributed by atoms with van der Waals surface area (Å²) in [7, 11) is 0. The number of thiazole rings is 1. The molecule has 0 N–H and O–H groups in total. The zero-order chi connectivity index (χ0) is 18.0.